The first-order chi connectivity index (χ1) is 13.8. The van der Waals surface area contributed by atoms with Crippen LogP contribution < -0.4 is 10.1 Å². The summed E-state index contributed by atoms with van der Waals surface area (Å²) in [6.45, 7) is 1.84. The lowest BCUT2D eigenvalue weighted by atomic mass is 10.3. The van der Waals surface area contributed by atoms with Crippen molar-refractivity contribution in [3.05, 3.63) is 73.7 Å². The molecule has 0 amide bonds. The normalized spacial score (nSPS) is 11.5. The van der Waals surface area contributed by atoms with Gasteiger partial charge in [-0.05, 0) is 25.1 Å². The van der Waals surface area contributed by atoms with E-state index >= 15 is 0 Å². The second-order valence-corrected chi connectivity index (χ2v) is 8.80. The van der Waals surface area contributed by atoms with Gasteiger partial charge in [0, 0.05) is 17.5 Å². The Balaban J connectivity index is 1.96. The molecule has 1 aromatic heterocycles. The highest BCUT2D eigenvalue weighted by Gasteiger charge is 2.23. The number of rotatable bonds is 7. The maximum absolute atomic E-state index is 12.9. The summed E-state index contributed by atoms with van der Waals surface area (Å²) in [6.07, 6.45) is 1.42. The highest BCUT2D eigenvalue weighted by molar-refractivity contribution is 7.93. The number of non-ortho nitro benzene ring substituents is 1. The number of halogens is 1. The predicted octanol–water partition coefficient (Wildman–Crippen LogP) is 4.26. The van der Waals surface area contributed by atoms with Crippen LogP contribution in [0.1, 0.15) is 10.7 Å². The number of anilines is 2. The van der Waals surface area contributed by atoms with Gasteiger partial charge in [-0.15, -0.1) is 11.3 Å². The quantitative estimate of drug-likeness (QED) is 0.314. The van der Waals surface area contributed by atoms with Crippen LogP contribution in [0.25, 0.3) is 0 Å². The first kappa shape index (κ1) is 20.7. The van der Waals surface area contributed by atoms with E-state index in [0.29, 0.717) is 5.69 Å². The summed E-state index contributed by atoms with van der Waals surface area (Å²) in [5.74, 6) is 0. The second-order valence-electron chi connectivity index (χ2n) is 5.68. The molecule has 0 radical (unpaired) electrons. The summed E-state index contributed by atoms with van der Waals surface area (Å²) < 4.78 is 28.1. The van der Waals surface area contributed by atoms with E-state index in [9.17, 15) is 18.5 Å². The fraction of sp³-hybridized carbons (Fsp3) is 0.0588. The van der Waals surface area contributed by atoms with E-state index in [1.165, 1.54) is 41.8 Å². The van der Waals surface area contributed by atoms with E-state index in [-0.39, 0.29) is 27.0 Å². The highest BCUT2D eigenvalue weighted by Crippen LogP contribution is 2.30. The number of aromatic nitrogens is 1. The summed E-state index contributed by atoms with van der Waals surface area (Å²) in [7, 11) is -4.20. The first-order valence-corrected chi connectivity index (χ1v) is 10.8. The molecular formula is C17H14ClN5O4S2. The molecule has 150 valence electrons. The smallest absolute Gasteiger partial charge is 0.270 e. The Morgan fingerprint density at radius 3 is 2.66 bits per heavy atom. The van der Waals surface area contributed by atoms with Crippen molar-refractivity contribution in [3.63, 3.8) is 0 Å². The Bertz CT molecular complexity index is 1190. The van der Waals surface area contributed by atoms with E-state index in [1.807, 2.05) is 6.92 Å². The average Bonchev–Trinajstić information content (AvgIpc) is 3.08. The van der Waals surface area contributed by atoms with Crippen LogP contribution in [0.2, 0.25) is 5.02 Å². The third kappa shape index (κ3) is 5.08. The molecule has 3 rings (SSSR count). The number of aryl methyl sites for hydroxylation is 1. The molecule has 0 fully saturated rings. The minimum atomic E-state index is -4.20. The SMILES string of the molecule is Cc1nc(/C=N/Nc2ccc([N+](=O)[O-])cc2S(=O)(=O)Nc2ccccc2Cl)cs1. The molecule has 0 atom stereocenters. The number of nitrogens with one attached hydrogen (secondary N) is 2. The largest absolute Gasteiger partial charge is 0.278 e. The number of para-hydroxylation sites is 1. The summed E-state index contributed by atoms with van der Waals surface area (Å²) in [6, 6.07) is 9.65. The van der Waals surface area contributed by atoms with Gasteiger partial charge in [-0.2, -0.15) is 5.10 Å². The molecule has 29 heavy (non-hydrogen) atoms. The number of sulfonamides is 1. The zero-order chi connectivity index (χ0) is 21.0. The number of hydrogen-bond donors (Lipinski definition) is 2. The van der Waals surface area contributed by atoms with Crippen molar-refractivity contribution in [3.8, 4) is 0 Å². The summed E-state index contributed by atoms with van der Waals surface area (Å²) in [5, 5.41) is 17.9. The van der Waals surface area contributed by atoms with Gasteiger partial charge in [-0.25, -0.2) is 13.4 Å². The fourth-order valence-electron chi connectivity index (χ4n) is 2.29. The van der Waals surface area contributed by atoms with Gasteiger partial charge in [0.05, 0.1) is 38.2 Å². The number of hydrogen-bond acceptors (Lipinski definition) is 8. The van der Waals surface area contributed by atoms with Gasteiger partial charge in [0.2, 0.25) is 0 Å². The Morgan fingerprint density at radius 1 is 1.24 bits per heavy atom. The van der Waals surface area contributed by atoms with Crippen molar-refractivity contribution in [2.75, 3.05) is 10.1 Å². The monoisotopic (exact) mass is 451 g/mol. The molecule has 0 saturated heterocycles. The fourth-order valence-corrected chi connectivity index (χ4v) is 4.35. The number of nitrogens with zero attached hydrogens (tertiary/aromatic N) is 3. The van der Waals surface area contributed by atoms with Crippen molar-refractivity contribution >= 4 is 56.2 Å². The lowest BCUT2D eigenvalue weighted by molar-refractivity contribution is -0.385. The summed E-state index contributed by atoms with van der Waals surface area (Å²) >= 11 is 7.45. The number of benzene rings is 2. The average molecular weight is 452 g/mol. The molecule has 0 bridgehead atoms. The van der Waals surface area contributed by atoms with Gasteiger partial charge in [0.1, 0.15) is 4.90 Å². The summed E-state index contributed by atoms with van der Waals surface area (Å²) in [4.78, 5) is 14.3. The van der Waals surface area contributed by atoms with Crippen molar-refractivity contribution in [1.29, 1.82) is 0 Å². The van der Waals surface area contributed by atoms with Crippen molar-refractivity contribution in [2.45, 2.75) is 11.8 Å². The first-order valence-electron chi connectivity index (χ1n) is 8.03. The van der Waals surface area contributed by atoms with Crippen LogP contribution in [-0.2, 0) is 10.0 Å². The highest BCUT2D eigenvalue weighted by atomic mass is 35.5. The number of thiazole rings is 1. The minimum absolute atomic E-state index is 0.0540. The predicted molar refractivity (Wildman–Crippen MR) is 113 cm³/mol. The molecule has 2 aromatic carbocycles. The van der Waals surface area contributed by atoms with E-state index in [2.05, 4.69) is 20.2 Å². The lowest BCUT2D eigenvalue weighted by Crippen LogP contribution is -2.15. The van der Waals surface area contributed by atoms with Gasteiger partial charge in [-0.1, -0.05) is 23.7 Å². The van der Waals surface area contributed by atoms with E-state index in [1.54, 1.807) is 17.5 Å². The van der Waals surface area contributed by atoms with Gasteiger partial charge < -0.3 is 0 Å². The standard InChI is InChI=1S/C17H14ClN5O4S2/c1-11-20-12(10-28-11)9-19-21-16-7-6-13(23(24)25)8-17(16)29(26,27)22-15-5-3-2-4-14(15)18/h2-10,21-22H,1H3/b19-9+. The van der Waals surface area contributed by atoms with Gasteiger partial charge in [-0.3, -0.25) is 20.3 Å². The number of hydrazone groups is 1. The number of nitro benzene ring substituents is 1. The van der Waals surface area contributed by atoms with Crippen LogP contribution in [0.4, 0.5) is 17.1 Å². The zero-order valence-electron chi connectivity index (χ0n) is 14.9. The van der Waals surface area contributed by atoms with Crippen LogP contribution in [0.5, 0.6) is 0 Å². The van der Waals surface area contributed by atoms with Crippen molar-refractivity contribution in [2.24, 2.45) is 5.10 Å². The molecule has 2 N–H and O–H groups in total. The molecule has 12 heteroatoms. The maximum atomic E-state index is 12.9. The van der Waals surface area contributed by atoms with Gasteiger partial charge in [0.25, 0.3) is 15.7 Å². The molecule has 0 aliphatic carbocycles. The third-order valence-electron chi connectivity index (χ3n) is 3.60. The Morgan fingerprint density at radius 2 is 2.00 bits per heavy atom. The molecule has 0 aliphatic rings. The maximum Gasteiger partial charge on any atom is 0.270 e. The zero-order valence-corrected chi connectivity index (χ0v) is 17.3. The molecular weight excluding hydrogens is 438 g/mol. The van der Waals surface area contributed by atoms with Crippen molar-refractivity contribution < 1.29 is 13.3 Å². The van der Waals surface area contributed by atoms with Gasteiger partial charge >= 0.3 is 0 Å². The second kappa shape index (κ2) is 8.55. The van der Waals surface area contributed by atoms with E-state index < -0.39 is 14.9 Å². The van der Waals surface area contributed by atoms with Gasteiger partial charge in [0.15, 0.2) is 0 Å². The Labute approximate surface area is 175 Å². The van der Waals surface area contributed by atoms with Crippen LogP contribution in [-0.4, -0.2) is 24.5 Å². The Hall–Kier alpha value is -3.02. The molecule has 0 saturated carbocycles. The third-order valence-corrected chi connectivity index (χ3v) is 6.13. The molecule has 0 aliphatic heterocycles. The molecule has 0 unspecified atom stereocenters. The van der Waals surface area contributed by atoms with Crippen molar-refractivity contribution in [1.82, 2.24) is 4.98 Å². The summed E-state index contributed by atoms with van der Waals surface area (Å²) in [5.41, 5.74) is 3.02. The number of nitro groups is 1. The molecule has 9 nitrogen and oxygen atoms in total. The molecule has 3 aromatic rings. The topological polar surface area (TPSA) is 127 Å². The lowest BCUT2D eigenvalue weighted by Gasteiger charge is -2.12. The van der Waals surface area contributed by atoms with Crippen LogP contribution in [0.3, 0.4) is 0 Å². The van der Waals surface area contributed by atoms with Crippen LogP contribution in [0.15, 0.2) is 57.8 Å². The van der Waals surface area contributed by atoms with E-state index in [4.69, 9.17) is 11.6 Å². The minimum Gasteiger partial charge on any atom is -0.278 e. The Kier molecular flexibility index (Phi) is 6.11. The molecule has 0 spiro atoms. The van der Waals surface area contributed by atoms with Crippen LogP contribution >= 0.6 is 22.9 Å². The van der Waals surface area contributed by atoms with E-state index in [0.717, 1.165) is 11.1 Å². The van der Waals surface area contributed by atoms with Crippen LogP contribution in [0, 0.1) is 17.0 Å². The molecule has 1 heterocycles.